The molecule has 0 aromatic carbocycles. The van der Waals surface area contributed by atoms with E-state index in [1.807, 2.05) is 0 Å². The summed E-state index contributed by atoms with van der Waals surface area (Å²) in [6.07, 6.45) is -5.22. The first-order valence-electron chi connectivity index (χ1n) is 6.75. The van der Waals surface area contributed by atoms with Crippen LogP contribution in [0.15, 0.2) is 0 Å². The fourth-order valence-electron chi connectivity index (χ4n) is 1.74. The van der Waals surface area contributed by atoms with E-state index in [0.29, 0.717) is 0 Å². The van der Waals surface area contributed by atoms with Gasteiger partial charge in [-0.05, 0) is 12.8 Å². The molecule has 0 heterocycles. The molecule has 0 radical (unpaired) electrons. The van der Waals surface area contributed by atoms with E-state index in [0.717, 1.165) is 0 Å². The predicted molar refractivity (Wildman–Crippen MR) is 70.9 cm³/mol. The van der Waals surface area contributed by atoms with Gasteiger partial charge >= 0.3 is 0 Å². The second-order valence-corrected chi connectivity index (χ2v) is 4.85. The van der Waals surface area contributed by atoms with E-state index in [1.165, 1.54) is 0 Å². The van der Waals surface area contributed by atoms with Crippen LogP contribution in [0.5, 0.6) is 0 Å². The van der Waals surface area contributed by atoms with Gasteiger partial charge in [-0.2, -0.15) is 0 Å². The summed E-state index contributed by atoms with van der Waals surface area (Å²) in [4.78, 5) is 0. The highest BCUT2D eigenvalue weighted by Crippen LogP contribution is 2.04. The van der Waals surface area contributed by atoms with Gasteiger partial charge in [0, 0.05) is 32.7 Å². The lowest BCUT2D eigenvalue weighted by Gasteiger charge is -2.23. The van der Waals surface area contributed by atoms with Gasteiger partial charge in [0.1, 0.15) is 6.10 Å². The van der Waals surface area contributed by atoms with Crippen molar-refractivity contribution in [1.29, 1.82) is 0 Å². The van der Waals surface area contributed by atoms with Gasteiger partial charge in [0.2, 0.25) is 0 Å². The molecule has 122 valence electrons. The number of nitrogens with one attached hydrogen (secondary N) is 1. The van der Waals surface area contributed by atoms with Gasteiger partial charge in [-0.3, -0.25) is 0 Å². The highest BCUT2D eigenvalue weighted by Gasteiger charge is 2.24. The Kier molecular flexibility index (Phi) is 11.2. The SMILES string of the molecule is OCCC(O)C[C@@H](O)CNC[C@H](O)C(O)C(O)CCO. The average molecular weight is 297 g/mol. The van der Waals surface area contributed by atoms with Crippen molar-refractivity contribution < 1.29 is 35.7 Å². The fraction of sp³-hybridized carbons (Fsp3) is 1.00. The zero-order valence-corrected chi connectivity index (χ0v) is 11.5. The minimum absolute atomic E-state index is 0.0335. The number of hydrogen-bond donors (Lipinski definition) is 8. The Hall–Kier alpha value is -0.320. The van der Waals surface area contributed by atoms with Crippen LogP contribution < -0.4 is 5.32 Å². The van der Waals surface area contributed by atoms with Crippen molar-refractivity contribution >= 4 is 0 Å². The van der Waals surface area contributed by atoms with Crippen LogP contribution in [0.4, 0.5) is 0 Å². The first-order chi connectivity index (χ1) is 9.42. The minimum atomic E-state index is -1.38. The Labute approximate surface area is 118 Å². The Morgan fingerprint density at radius 3 is 1.85 bits per heavy atom. The van der Waals surface area contributed by atoms with Gasteiger partial charge in [-0.1, -0.05) is 0 Å². The molecule has 20 heavy (non-hydrogen) atoms. The molecule has 0 spiro atoms. The highest BCUT2D eigenvalue weighted by atomic mass is 16.4. The zero-order valence-electron chi connectivity index (χ0n) is 11.5. The van der Waals surface area contributed by atoms with Crippen molar-refractivity contribution in [2.75, 3.05) is 26.3 Å². The standard InChI is InChI=1S/C12H27NO7/c14-3-1-8(16)5-9(17)6-13-7-11(19)12(20)10(18)2-4-15/h8-20H,1-7H2/t8?,9-,10?,11+,12?/m1/s1. The van der Waals surface area contributed by atoms with Crippen molar-refractivity contribution in [2.45, 2.75) is 49.8 Å². The maximum Gasteiger partial charge on any atom is 0.107 e. The zero-order chi connectivity index (χ0) is 15.5. The number of rotatable bonds is 12. The van der Waals surface area contributed by atoms with Crippen LogP contribution in [0.3, 0.4) is 0 Å². The van der Waals surface area contributed by atoms with E-state index in [-0.39, 0.29) is 45.6 Å². The lowest BCUT2D eigenvalue weighted by molar-refractivity contribution is -0.0649. The summed E-state index contributed by atoms with van der Waals surface area (Å²) in [6, 6.07) is 0. The van der Waals surface area contributed by atoms with Crippen LogP contribution in [-0.4, -0.2) is 92.6 Å². The molecule has 0 rings (SSSR count). The number of hydrogen-bond acceptors (Lipinski definition) is 8. The molecule has 8 heteroatoms. The number of aliphatic hydroxyl groups is 7. The van der Waals surface area contributed by atoms with E-state index in [4.69, 9.17) is 10.2 Å². The maximum atomic E-state index is 9.58. The van der Waals surface area contributed by atoms with Gasteiger partial charge in [-0.25, -0.2) is 0 Å². The minimum Gasteiger partial charge on any atom is -0.396 e. The Morgan fingerprint density at radius 2 is 1.30 bits per heavy atom. The van der Waals surface area contributed by atoms with E-state index < -0.39 is 30.5 Å². The Bertz CT molecular complexity index is 232. The van der Waals surface area contributed by atoms with E-state index in [2.05, 4.69) is 5.32 Å². The predicted octanol–water partition coefficient (Wildman–Crippen LogP) is -3.46. The topological polar surface area (TPSA) is 154 Å². The second kappa shape index (κ2) is 11.4. The molecule has 8 N–H and O–H groups in total. The molecule has 0 aliphatic carbocycles. The van der Waals surface area contributed by atoms with Crippen molar-refractivity contribution in [3.05, 3.63) is 0 Å². The monoisotopic (exact) mass is 297 g/mol. The third kappa shape index (κ3) is 8.77. The molecule has 0 aliphatic rings. The summed E-state index contributed by atoms with van der Waals surface area (Å²) in [5, 5.41) is 67.3. The average Bonchev–Trinajstić information content (AvgIpc) is 2.38. The molecule has 0 saturated carbocycles. The van der Waals surface area contributed by atoms with Gasteiger partial charge in [0.05, 0.1) is 24.4 Å². The molecule has 0 fully saturated rings. The summed E-state index contributed by atoms with van der Waals surface area (Å²) in [7, 11) is 0. The van der Waals surface area contributed by atoms with Gasteiger partial charge in [0.15, 0.2) is 0 Å². The molecule has 0 aromatic heterocycles. The first-order valence-corrected chi connectivity index (χ1v) is 6.75. The Morgan fingerprint density at radius 1 is 0.700 bits per heavy atom. The fourth-order valence-corrected chi connectivity index (χ4v) is 1.74. The molecule has 0 aliphatic heterocycles. The summed E-state index contributed by atoms with van der Waals surface area (Å²) >= 11 is 0. The van der Waals surface area contributed by atoms with Crippen molar-refractivity contribution in [1.82, 2.24) is 5.32 Å². The lowest BCUT2D eigenvalue weighted by Crippen LogP contribution is -2.45. The summed E-state index contributed by atoms with van der Waals surface area (Å²) in [5.74, 6) is 0. The molecule has 5 atom stereocenters. The smallest absolute Gasteiger partial charge is 0.107 e. The Balaban J connectivity index is 3.81. The van der Waals surface area contributed by atoms with E-state index in [9.17, 15) is 25.5 Å². The van der Waals surface area contributed by atoms with Crippen LogP contribution in [0.1, 0.15) is 19.3 Å². The van der Waals surface area contributed by atoms with Crippen LogP contribution >= 0.6 is 0 Å². The van der Waals surface area contributed by atoms with Crippen LogP contribution in [0, 0.1) is 0 Å². The van der Waals surface area contributed by atoms with Crippen molar-refractivity contribution in [3.63, 3.8) is 0 Å². The van der Waals surface area contributed by atoms with E-state index in [1.54, 1.807) is 0 Å². The highest BCUT2D eigenvalue weighted by molar-refractivity contribution is 4.77. The largest absolute Gasteiger partial charge is 0.396 e. The molecule has 8 nitrogen and oxygen atoms in total. The second-order valence-electron chi connectivity index (χ2n) is 4.85. The first kappa shape index (κ1) is 19.7. The van der Waals surface area contributed by atoms with Gasteiger partial charge in [-0.15, -0.1) is 0 Å². The summed E-state index contributed by atoms with van der Waals surface area (Å²) < 4.78 is 0. The van der Waals surface area contributed by atoms with Crippen LogP contribution in [0.2, 0.25) is 0 Å². The third-order valence-electron chi connectivity index (χ3n) is 2.95. The maximum absolute atomic E-state index is 9.58. The third-order valence-corrected chi connectivity index (χ3v) is 2.95. The van der Waals surface area contributed by atoms with Crippen molar-refractivity contribution in [2.24, 2.45) is 0 Å². The molecule has 0 aromatic rings. The summed E-state index contributed by atoms with van der Waals surface area (Å²) in [6.45, 7) is -0.395. The molecule has 0 amide bonds. The van der Waals surface area contributed by atoms with Gasteiger partial charge in [0.25, 0.3) is 0 Å². The van der Waals surface area contributed by atoms with Gasteiger partial charge < -0.3 is 41.1 Å². The molecular weight excluding hydrogens is 270 g/mol. The van der Waals surface area contributed by atoms with E-state index >= 15 is 0 Å². The van der Waals surface area contributed by atoms with Crippen LogP contribution in [0.25, 0.3) is 0 Å². The molecule has 0 saturated heterocycles. The normalized spacial score (nSPS) is 19.4. The quantitative estimate of drug-likeness (QED) is 0.185. The van der Waals surface area contributed by atoms with Crippen molar-refractivity contribution in [3.8, 4) is 0 Å². The molecular formula is C12H27NO7. The molecule has 3 unspecified atom stereocenters. The summed E-state index contributed by atoms with van der Waals surface area (Å²) in [5.41, 5.74) is 0. The number of aliphatic hydroxyl groups excluding tert-OH is 7. The molecule has 0 bridgehead atoms. The lowest BCUT2D eigenvalue weighted by atomic mass is 10.1. The van der Waals surface area contributed by atoms with Crippen LogP contribution in [-0.2, 0) is 0 Å².